The lowest BCUT2D eigenvalue weighted by Crippen LogP contribution is -2.44. The van der Waals surface area contributed by atoms with Crippen LogP contribution in [0.5, 0.6) is 11.5 Å². The van der Waals surface area contributed by atoms with Crippen molar-refractivity contribution < 1.29 is 27.4 Å². The average molecular weight is 436 g/mol. The number of nitrogens with zero attached hydrogens (tertiary/aromatic N) is 2. The molecule has 2 aromatic rings. The number of ether oxygens (including phenoxy) is 2. The number of hydrogen-bond donors (Lipinski definition) is 2. The van der Waals surface area contributed by atoms with Gasteiger partial charge in [0, 0.05) is 12.1 Å². The van der Waals surface area contributed by atoms with Gasteiger partial charge in [0.05, 0.1) is 5.54 Å². The third kappa shape index (κ3) is 3.47. The van der Waals surface area contributed by atoms with Crippen molar-refractivity contribution in [1.29, 1.82) is 0 Å². The van der Waals surface area contributed by atoms with Crippen molar-refractivity contribution in [1.82, 2.24) is 15.1 Å². The molecular weight excluding hydrogens is 413 g/mol. The molecule has 0 radical (unpaired) electrons. The van der Waals surface area contributed by atoms with Crippen LogP contribution in [-0.2, 0) is 5.54 Å². The van der Waals surface area contributed by atoms with Gasteiger partial charge >= 0.3 is 6.18 Å². The molecule has 0 saturated heterocycles. The Morgan fingerprint density at radius 2 is 1.97 bits per heavy atom. The summed E-state index contributed by atoms with van der Waals surface area (Å²) < 4.78 is 52.3. The molecule has 7 nitrogen and oxygen atoms in total. The highest BCUT2D eigenvalue weighted by Gasteiger charge is 2.46. The summed E-state index contributed by atoms with van der Waals surface area (Å²) in [4.78, 5) is 13.1. The number of nitrogens with one attached hydrogen (secondary N) is 2. The van der Waals surface area contributed by atoms with Crippen molar-refractivity contribution in [3.63, 3.8) is 0 Å². The topological polar surface area (TPSA) is 77.4 Å². The van der Waals surface area contributed by atoms with Crippen molar-refractivity contribution in [2.45, 2.75) is 62.8 Å². The highest BCUT2D eigenvalue weighted by Crippen LogP contribution is 2.43. The fourth-order valence-corrected chi connectivity index (χ4v) is 4.81. The van der Waals surface area contributed by atoms with E-state index in [1.807, 2.05) is 18.2 Å². The zero-order valence-electron chi connectivity index (χ0n) is 17.0. The quantitative estimate of drug-likeness (QED) is 0.757. The van der Waals surface area contributed by atoms with Crippen LogP contribution >= 0.6 is 0 Å². The van der Waals surface area contributed by atoms with Gasteiger partial charge in [0.25, 0.3) is 5.91 Å². The summed E-state index contributed by atoms with van der Waals surface area (Å²) in [5.41, 5.74) is 0.246. The Hall–Kier alpha value is -2.91. The van der Waals surface area contributed by atoms with Crippen LogP contribution in [-0.4, -0.2) is 34.7 Å². The van der Waals surface area contributed by atoms with Gasteiger partial charge in [0.15, 0.2) is 23.2 Å². The molecule has 1 aromatic carbocycles. The Morgan fingerprint density at radius 3 is 2.71 bits per heavy atom. The predicted octanol–water partition coefficient (Wildman–Crippen LogP) is 4.12. The van der Waals surface area contributed by atoms with E-state index in [0.29, 0.717) is 11.5 Å². The molecule has 31 heavy (non-hydrogen) atoms. The highest BCUT2D eigenvalue weighted by atomic mass is 19.4. The Labute approximate surface area is 176 Å². The third-order valence-electron chi connectivity index (χ3n) is 6.35. The van der Waals surface area contributed by atoms with Crippen molar-refractivity contribution in [2.24, 2.45) is 0 Å². The number of halogens is 3. The first-order chi connectivity index (χ1) is 14.7. The first kappa shape index (κ1) is 20.0. The van der Waals surface area contributed by atoms with Crippen LogP contribution in [0.2, 0.25) is 0 Å². The number of aromatic nitrogens is 2. The van der Waals surface area contributed by atoms with Crippen LogP contribution in [0.25, 0.3) is 0 Å². The summed E-state index contributed by atoms with van der Waals surface area (Å²) in [6.45, 7) is 1.84. The summed E-state index contributed by atoms with van der Waals surface area (Å²) in [7, 11) is 0. The van der Waals surface area contributed by atoms with E-state index < -0.39 is 23.7 Å². The van der Waals surface area contributed by atoms with Gasteiger partial charge in [-0.25, -0.2) is 4.68 Å². The van der Waals surface area contributed by atoms with Crippen molar-refractivity contribution >= 4 is 11.7 Å². The lowest BCUT2D eigenvalue weighted by Gasteiger charge is -2.31. The van der Waals surface area contributed by atoms with Crippen LogP contribution in [0, 0.1) is 0 Å². The van der Waals surface area contributed by atoms with Gasteiger partial charge in [0.2, 0.25) is 6.79 Å². The van der Waals surface area contributed by atoms with Gasteiger partial charge in [-0.3, -0.25) is 4.79 Å². The molecule has 5 rings (SSSR count). The number of benzene rings is 1. The maximum absolute atomic E-state index is 13.5. The molecule has 1 amide bonds. The standard InChI is InChI=1S/C21H23F3N4O3/c1-12-8-17(21(22,23)24)28-18(25-12)10-14(27-28)19(29)26-20(6-2-3-7-20)13-4-5-15-16(9-13)31-11-30-15/h4-5,9-10,12,17,25H,2-3,6-8,11H2,1H3,(H,26,29)/t12-,17-/m0/s1. The van der Waals surface area contributed by atoms with E-state index >= 15 is 0 Å². The van der Waals surface area contributed by atoms with Gasteiger partial charge in [-0.2, -0.15) is 18.3 Å². The Bertz CT molecular complexity index is 1010. The Balaban J connectivity index is 1.44. The van der Waals surface area contributed by atoms with Crippen LogP contribution in [0.4, 0.5) is 19.0 Å². The fourth-order valence-electron chi connectivity index (χ4n) is 4.81. The average Bonchev–Trinajstić information content (AvgIpc) is 3.45. The maximum atomic E-state index is 13.5. The molecule has 1 aliphatic carbocycles. The molecular formula is C21H23F3N4O3. The molecule has 0 spiro atoms. The second kappa shape index (κ2) is 7.06. The first-order valence-corrected chi connectivity index (χ1v) is 10.4. The van der Waals surface area contributed by atoms with Gasteiger partial charge in [-0.1, -0.05) is 18.9 Å². The Morgan fingerprint density at radius 1 is 1.23 bits per heavy atom. The minimum absolute atomic E-state index is 0.0298. The smallest absolute Gasteiger partial charge is 0.410 e. The molecule has 2 aliphatic heterocycles. The SMILES string of the molecule is C[C@H]1C[C@@H](C(F)(F)F)n2nc(C(=O)NC3(c4ccc5c(c4)OCO5)CCCC3)cc2N1. The minimum atomic E-state index is -4.44. The molecule has 166 valence electrons. The number of rotatable bonds is 3. The van der Waals surface area contributed by atoms with E-state index in [-0.39, 0.29) is 30.8 Å². The highest BCUT2D eigenvalue weighted by molar-refractivity contribution is 5.93. The molecule has 2 atom stereocenters. The van der Waals surface area contributed by atoms with Gasteiger partial charge in [-0.05, 0) is 43.9 Å². The van der Waals surface area contributed by atoms with Crippen LogP contribution in [0.3, 0.4) is 0 Å². The van der Waals surface area contributed by atoms with Crippen molar-refractivity contribution in [2.75, 3.05) is 12.1 Å². The van der Waals surface area contributed by atoms with Crippen LogP contribution in [0.15, 0.2) is 24.3 Å². The minimum Gasteiger partial charge on any atom is -0.454 e. The summed E-state index contributed by atoms with van der Waals surface area (Å²) >= 11 is 0. The molecule has 1 aromatic heterocycles. The fraction of sp³-hybridized carbons (Fsp3) is 0.524. The molecule has 2 N–H and O–H groups in total. The molecule has 1 saturated carbocycles. The summed E-state index contributed by atoms with van der Waals surface area (Å²) in [5, 5.41) is 10.1. The second-order valence-electron chi connectivity index (χ2n) is 8.51. The summed E-state index contributed by atoms with van der Waals surface area (Å²) in [6, 6.07) is 4.86. The number of amides is 1. The van der Waals surface area contributed by atoms with E-state index in [9.17, 15) is 18.0 Å². The monoisotopic (exact) mass is 436 g/mol. The number of alkyl halides is 3. The number of carbonyl (C=O) groups excluding carboxylic acids is 1. The second-order valence-corrected chi connectivity index (χ2v) is 8.51. The van der Waals surface area contributed by atoms with E-state index in [4.69, 9.17) is 9.47 Å². The van der Waals surface area contributed by atoms with Crippen LogP contribution in [0.1, 0.15) is 61.1 Å². The van der Waals surface area contributed by atoms with E-state index in [1.54, 1.807) is 6.92 Å². The molecule has 1 fully saturated rings. The van der Waals surface area contributed by atoms with E-state index in [0.717, 1.165) is 35.9 Å². The summed E-state index contributed by atoms with van der Waals surface area (Å²) in [6.07, 6.45) is -1.25. The molecule has 0 unspecified atom stereocenters. The lowest BCUT2D eigenvalue weighted by atomic mass is 9.87. The largest absolute Gasteiger partial charge is 0.454 e. The summed E-state index contributed by atoms with van der Waals surface area (Å²) in [5.74, 6) is 0.997. The number of hydrogen-bond acceptors (Lipinski definition) is 5. The zero-order chi connectivity index (χ0) is 21.8. The molecule has 3 heterocycles. The normalized spacial score (nSPS) is 23.9. The number of fused-ring (bicyclic) bond motifs is 2. The van der Waals surface area contributed by atoms with Gasteiger partial charge in [0.1, 0.15) is 5.82 Å². The molecule has 10 heteroatoms. The van der Waals surface area contributed by atoms with Gasteiger partial charge < -0.3 is 20.1 Å². The van der Waals surface area contributed by atoms with E-state index in [2.05, 4.69) is 15.7 Å². The predicted molar refractivity (Wildman–Crippen MR) is 105 cm³/mol. The van der Waals surface area contributed by atoms with E-state index in [1.165, 1.54) is 6.07 Å². The first-order valence-electron chi connectivity index (χ1n) is 10.4. The number of anilines is 1. The third-order valence-corrected chi connectivity index (χ3v) is 6.35. The lowest BCUT2D eigenvalue weighted by molar-refractivity contribution is -0.173. The Kier molecular flexibility index (Phi) is 4.56. The molecule has 0 bridgehead atoms. The van der Waals surface area contributed by atoms with Crippen molar-refractivity contribution in [3.8, 4) is 11.5 Å². The van der Waals surface area contributed by atoms with Gasteiger partial charge in [-0.15, -0.1) is 0 Å². The van der Waals surface area contributed by atoms with Crippen LogP contribution < -0.4 is 20.1 Å². The zero-order valence-corrected chi connectivity index (χ0v) is 17.0. The number of carbonyl (C=O) groups is 1. The molecule has 3 aliphatic rings. The maximum Gasteiger partial charge on any atom is 0.410 e. The van der Waals surface area contributed by atoms with Crippen molar-refractivity contribution in [3.05, 3.63) is 35.5 Å².